The van der Waals surface area contributed by atoms with Gasteiger partial charge in [-0.3, -0.25) is 4.79 Å². The molecular formula is C8H10N2O2S. The van der Waals surface area contributed by atoms with Gasteiger partial charge in [0, 0.05) is 0 Å². The lowest BCUT2D eigenvalue weighted by atomic mass is 10.2. The van der Waals surface area contributed by atoms with Crippen molar-refractivity contribution in [2.75, 3.05) is 13.2 Å². The Labute approximate surface area is 79.9 Å². The largest absolute Gasteiger partial charge is 0.377 e. The summed E-state index contributed by atoms with van der Waals surface area (Å²) in [5.41, 5.74) is 2.48. The Kier molecular flexibility index (Phi) is 2.28. The van der Waals surface area contributed by atoms with Crippen LogP contribution in [0.4, 0.5) is 0 Å². The number of thiazole rings is 1. The van der Waals surface area contributed by atoms with E-state index < -0.39 is 0 Å². The van der Waals surface area contributed by atoms with Gasteiger partial charge in [0.05, 0.1) is 30.5 Å². The molecule has 1 N–H and O–H groups in total. The first-order valence-electron chi connectivity index (χ1n) is 4.06. The van der Waals surface area contributed by atoms with Gasteiger partial charge in [0.15, 0.2) is 0 Å². The second-order valence-electron chi connectivity index (χ2n) is 2.97. The van der Waals surface area contributed by atoms with Gasteiger partial charge < -0.3 is 10.1 Å². The van der Waals surface area contributed by atoms with Crippen LogP contribution in [0.15, 0.2) is 5.51 Å². The van der Waals surface area contributed by atoms with Crippen LogP contribution in [0.2, 0.25) is 0 Å². The highest BCUT2D eigenvalue weighted by Gasteiger charge is 2.22. The van der Waals surface area contributed by atoms with Gasteiger partial charge in [-0.15, -0.1) is 11.3 Å². The molecule has 0 spiro atoms. The van der Waals surface area contributed by atoms with E-state index in [1.54, 1.807) is 5.51 Å². The predicted octanol–water partition coefficient (Wildman–Crippen LogP) is 0.580. The third kappa shape index (κ3) is 1.71. The summed E-state index contributed by atoms with van der Waals surface area (Å²) in [7, 11) is 0. The third-order valence-electron chi connectivity index (χ3n) is 1.93. The molecule has 1 amide bonds. The SMILES string of the molecule is Cc1ncsc1C(=O)NC1COC1. The Morgan fingerprint density at radius 1 is 1.77 bits per heavy atom. The summed E-state index contributed by atoms with van der Waals surface area (Å²) in [6, 6.07) is 0.189. The van der Waals surface area contributed by atoms with Crippen molar-refractivity contribution in [2.24, 2.45) is 0 Å². The van der Waals surface area contributed by atoms with E-state index in [1.807, 2.05) is 6.92 Å². The Bertz CT molecular complexity index is 320. The van der Waals surface area contributed by atoms with Gasteiger partial charge in [-0.2, -0.15) is 0 Å². The van der Waals surface area contributed by atoms with E-state index in [4.69, 9.17) is 4.74 Å². The number of hydrogen-bond donors (Lipinski definition) is 1. The zero-order valence-corrected chi connectivity index (χ0v) is 8.06. The van der Waals surface area contributed by atoms with Crippen LogP contribution in [0.25, 0.3) is 0 Å². The molecule has 0 aromatic carbocycles. The molecule has 0 saturated carbocycles. The predicted molar refractivity (Wildman–Crippen MR) is 48.9 cm³/mol. The van der Waals surface area contributed by atoms with E-state index in [9.17, 15) is 4.79 Å². The molecule has 13 heavy (non-hydrogen) atoms. The number of nitrogens with zero attached hydrogens (tertiary/aromatic N) is 1. The first kappa shape index (κ1) is 8.65. The molecule has 0 bridgehead atoms. The van der Waals surface area contributed by atoms with Crippen LogP contribution >= 0.6 is 11.3 Å². The lowest BCUT2D eigenvalue weighted by molar-refractivity contribution is -0.00340. The number of amides is 1. The van der Waals surface area contributed by atoms with Gasteiger partial charge in [0.25, 0.3) is 5.91 Å². The van der Waals surface area contributed by atoms with E-state index in [2.05, 4.69) is 10.3 Å². The molecule has 1 aliphatic heterocycles. The summed E-state index contributed by atoms with van der Waals surface area (Å²) in [5.74, 6) is -0.0340. The molecule has 1 aliphatic rings. The fourth-order valence-corrected chi connectivity index (χ4v) is 1.80. The number of carbonyl (C=O) groups is 1. The average Bonchev–Trinajstić information content (AvgIpc) is 2.43. The molecule has 2 heterocycles. The quantitative estimate of drug-likeness (QED) is 0.756. The van der Waals surface area contributed by atoms with Gasteiger partial charge in [-0.05, 0) is 6.92 Å². The fraction of sp³-hybridized carbons (Fsp3) is 0.500. The Morgan fingerprint density at radius 2 is 2.54 bits per heavy atom. The lowest BCUT2D eigenvalue weighted by Gasteiger charge is -2.26. The first-order chi connectivity index (χ1) is 6.27. The molecule has 1 aromatic rings. The zero-order valence-electron chi connectivity index (χ0n) is 7.24. The van der Waals surface area contributed by atoms with Crippen LogP contribution in [0.5, 0.6) is 0 Å². The average molecular weight is 198 g/mol. The molecule has 5 heteroatoms. The monoisotopic (exact) mass is 198 g/mol. The van der Waals surface area contributed by atoms with Crippen LogP contribution in [0.1, 0.15) is 15.4 Å². The number of nitrogens with one attached hydrogen (secondary N) is 1. The third-order valence-corrected chi connectivity index (χ3v) is 2.85. The fourth-order valence-electron chi connectivity index (χ4n) is 1.09. The van der Waals surface area contributed by atoms with Crippen LogP contribution in [-0.2, 0) is 4.74 Å². The molecule has 1 fully saturated rings. The van der Waals surface area contributed by atoms with Crippen molar-refractivity contribution < 1.29 is 9.53 Å². The van der Waals surface area contributed by atoms with Gasteiger partial charge in [-0.1, -0.05) is 0 Å². The molecule has 0 aliphatic carbocycles. The first-order valence-corrected chi connectivity index (χ1v) is 4.94. The van der Waals surface area contributed by atoms with E-state index in [-0.39, 0.29) is 11.9 Å². The number of aromatic nitrogens is 1. The smallest absolute Gasteiger partial charge is 0.263 e. The molecule has 0 atom stereocenters. The van der Waals surface area contributed by atoms with Gasteiger partial charge in [-0.25, -0.2) is 4.98 Å². The maximum absolute atomic E-state index is 11.5. The van der Waals surface area contributed by atoms with Crippen molar-refractivity contribution >= 4 is 17.2 Å². The van der Waals surface area contributed by atoms with Gasteiger partial charge in [0.1, 0.15) is 4.88 Å². The van der Waals surface area contributed by atoms with Crippen LogP contribution in [-0.4, -0.2) is 30.1 Å². The van der Waals surface area contributed by atoms with Crippen LogP contribution < -0.4 is 5.32 Å². The normalized spacial score (nSPS) is 16.7. The van der Waals surface area contributed by atoms with E-state index in [0.717, 1.165) is 5.69 Å². The highest BCUT2D eigenvalue weighted by atomic mass is 32.1. The maximum Gasteiger partial charge on any atom is 0.263 e. The van der Waals surface area contributed by atoms with Crippen molar-refractivity contribution in [3.63, 3.8) is 0 Å². The number of ether oxygens (including phenoxy) is 1. The summed E-state index contributed by atoms with van der Waals surface area (Å²) >= 11 is 1.37. The van der Waals surface area contributed by atoms with E-state index in [1.165, 1.54) is 11.3 Å². The molecule has 1 saturated heterocycles. The number of carbonyl (C=O) groups excluding carboxylic acids is 1. The van der Waals surface area contributed by atoms with Crippen molar-refractivity contribution in [1.29, 1.82) is 0 Å². The summed E-state index contributed by atoms with van der Waals surface area (Å²) in [4.78, 5) is 16.2. The minimum absolute atomic E-state index is 0.0340. The Morgan fingerprint density at radius 3 is 3.00 bits per heavy atom. The summed E-state index contributed by atoms with van der Waals surface area (Å²) in [5, 5.41) is 2.87. The number of hydrogen-bond acceptors (Lipinski definition) is 4. The van der Waals surface area contributed by atoms with E-state index >= 15 is 0 Å². The van der Waals surface area contributed by atoms with Crippen molar-refractivity contribution in [1.82, 2.24) is 10.3 Å². The van der Waals surface area contributed by atoms with Gasteiger partial charge >= 0.3 is 0 Å². The molecule has 70 valence electrons. The number of rotatable bonds is 2. The second-order valence-corrected chi connectivity index (χ2v) is 3.83. The summed E-state index contributed by atoms with van der Waals surface area (Å²) < 4.78 is 4.96. The molecule has 2 rings (SSSR count). The zero-order chi connectivity index (χ0) is 9.26. The molecule has 4 nitrogen and oxygen atoms in total. The summed E-state index contributed by atoms with van der Waals surface area (Å²) in [6.45, 7) is 3.09. The lowest BCUT2D eigenvalue weighted by Crippen LogP contribution is -2.48. The number of aryl methyl sites for hydroxylation is 1. The van der Waals surface area contributed by atoms with Crippen molar-refractivity contribution in [2.45, 2.75) is 13.0 Å². The molecule has 1 aromatic heterocycles. The molecule has 0 radical (unpaired) electrons. The Hall–Kier alpha value is -0.940. The standard InChI is InChI=1S/C8H10N2O2S/c1-5-7(13-4-9-5)8(11)10-6-2-12-3-6/h4,6H,2-3H2,1H3,(H,10,11). The minimum atomic E-state index is -0.0340. The molecular weight excluding hydrogens is 188 g/mol. The Balaban J connectivity index is 2.00. The van der Waals surface area contributed by atoms with Crippen LogP contribution in [0.3, 0.4) is 0 Å². The minimum Gasteiger partial charge on any atom is -0.377 e. The van der Waals surface area contributed by atoms with Crippen LogP contribution in [0, 0.1) is 6.92 Å². The van der Waals surface area contributed by atoms with Gasteiger partial charge in [0.2, 0.25) is 0 Å². The van der Waals surface area contributed by atoms with Crippen molar-refractivity contribution in [3.05, 3.63) is 16.1 Å². The second kappa shape index (κ2) is 3.43. The topological polar surface area (TPSA) is 51.2 Å². The summed E-state index contributed by atoms with van der Waals surface area (Å²) in [6.07, 6.45) is 0. The highest BCUT2D eigenvalue weighted by molar-refractivity contribution is 7.11. The van der Waals surface area contributed by atoms with Crippen molar-refractivity contribution in [3.8, 4) is 0 Å². The highest BCUT2D eigenvalue weighted by Crippen LogP contribution is 2.12. The maximum atomic E-state index is 11.5. The molecule has 0 unspecified atom stereocenters. The van der Waals surface area contributed by atoms with E-state index in [0.29, 0.717) is 18.1 Å².